The first kappa shape index (κ1) is 19.1. The number of hydrogen-bond acceptors (Lipinski definition) is 4. The van der Waals surface area contributed by atoms with Crippen LogP contribution in [0.4, 0.5) is 5.69 Å². The van der Waals surface area contributed by atoms with Crippen LogP contribution in [0.3, 0.4) is 0 Å². The molecule has 1 aliphatic rings. The summed E-state index contributed by atoms with van der Waals surface area (Å²) in [6.07, 6.45) is 4.25. The zero-order valence-corrected chi connectivity index (χ0v) is 17.9. The highest BCUT2D eigenvalue weighted by atomic mass is 79.9. The van der Waals surface area contributed by atoms with Gasteiger partial charge in [0, 0.05) is 23.0 Å². The highest BCUT2D eigenvalue weighted by Gasteiger charge is 2.21. The predicted molar refractivity (Wildman–Crippen MR) is 113 cm³/mol. The van der Waals surface area contributed by atoms with Gasteiger partial charge in [-0.25, -0.2) is 8.42 Å². The molecule has 0 bridgehead atoms. The van der Waals surface area contributed by atoms with E-state index in [-0.39, 0.29) is 4.90 Å². The van der Waals surface area contributed by atoms with Crippen molar-refractivity contribution < 1.29 is 8.42 Å². The maximum atomic E-state index is 13.0. The molecule has 0 amide bonds. The molecule has 0 unspecified atom stereocenters. The molecule has 6 nitrogen and oxygen atoms in total. The van der Waals surface area contributed by atoms with Crippen molar-refractivity contribution in [3.05, 3.63) is 58.3 Å². The van der Waals surface area contributed by atoms with Crippen LogP contribution in [0.5, 0.6) is 0 Å². The average molecular weight is 461 g/mol. The highest BCUT2D eigenvalue weighted by Crippen LogP contribution is 2.31. The van der Waals surface area contributed by atoms with Gasteiger partial charge in [-0.3, -0.25) is 4.72 Å². The molecule has 1 aliphatic heterocycles. The topological polar surface area (TPSA) is 76.9 Å². The monoisotopic (exact) mass is 460 g/mol. The summed E-state index contributed by atoms with van der Waals surface area (Å²) in [4.78, 5) is 0.225. The van der Waals surface area contributed by atoms with E-state index in [0.717, 1.165) is 47.2 Å². The quantitative estimate of drug-likeness (QED) is 0.619. The molecule has 0 fully saturated rings. The molecule has 0 aliphatic carbocycles. The number of nitrogens with one attached hydrogen (secondary N) is 1. The van der Waals surface area contributed by atoms with Gasteiger partial charge >= 0.3 is 0 Å². The van der Waals surface area contributed by atoms with Crippen LogP contribution in [-0.2, 0) is 23.0 Å². The predicted octanol–water partition coefficient (Wildman–Crippen LogP) is 4.54. The van der Waals surface area contributed by atoms with E-state index in [1.165, 1.54) is 6.42 Å². The van der Waals surface area contributed by atoms with Gasteiger partial charge in [0.05, 0.1) is 10.6 Å². The van der Waals surface area contributed by atoms with Crippen molar-refractivity contribution >= 4 is 31.6 Å². The summed E-state index contributed by atoms with van der Waals surface area (Å²) in [5.41, 5.74) is 2.10. The Morgan fingerprint density at radius 3 is 2.71 bits per heavy atom. The third kappa shape index (κ3) is 3.71. The van der Waals surface area contributed by atoms with Crippen LogP contribution < -0.4 is 4.72 Å². The summed E-state index contributed by atoms with van der Waals surface area (Å²) in [7, 11) is -3.72. The number of anilines is 1. The fraction of sp³-hybridized carbons (Fsp3) is 0.300. The second kappa shape index (κ2) is 7.67. The van der Waals surface area contributed by atoms with E-state index in [1.807, 2.05) is 25.1 Å². The van der Waals surface area contributed by atoms with Crippen molar-refractivity contribution in [1.29, 1.82) is 0 Å². The van der Waals surface area contributed by atoms with Crippen molar-refractivity contribution in [3.63, 3.8) is 0 Å². The van der Waals surface area contributed by atoms with Gasteiger partial charge in [-0.15, -0.1) is 10.2 Å². The van der Waals surface area contributed by atoms with Crippen LogP contribution in [0.25, 0.3) is 11.4 Å². The number of para-hydroxylation sites is 1. The Labute approximate surface area is 173 Å². The Kier molecular flexibility index (Phi) is 5.25. The average Bonchev–Trinajstić information content (AvgIpc) is 2.92. The van der Waals surface area contributed by atoms with Crippen LogP contribution >= 0.6 is 15.9 Å². The summed E-state index contributed by atoms with van der Waals surface area (Å²) >= 11 is 3.41. The van der Waals surface area contributed by atoms with Gasteiger partial charge < -0.3 is 4.57 Å². The number of halogens is 1. The largest absolute Gasteiger partial charge is 0.311 e. The molecule has 2 aromatic carbocycles. The lowest BCUT2D eigenvalue weighted by Gasteiger charge is -2.14. The van der Waals surface area contributed by atoms with Crippen LogP contribution in [0.2, 0.25) is 0 Å². The Morgan fingerprint density at radius 1 is 1.07 bits per heavy atom. The molecule has 1 aromatic heterocycles. The van der Waals surface area contributed by atoms with Gasteiger partial charge in [-0.2, -0.15) is 0 Å². The van der Waals surface area contributed by atoms with Crippen LogP contribution in [0, 0.1) is 6.92 Å². The van der Waals surface area contributed by atoms with Crippen LogP contribution in [0.15, 0.2) is 51.8 Å². The molecule has 0 radical (unpaired) electrons. The summed E-state index contributed by atoms with van der Waals surface area (Å²) in [6, 6.07) is 12.3. The van der Waals surface area contributed by atoms with E-state index in [0.29, 0.717) is 11.5 Å². The number of aromatic nitrogens is 3. The highest BCUT2D eigenvalue weighted by molar-refractivity contribution is 9.10. The number of rotatable bonds is 4. The first-order chi connectivity index (χ1) is 13.5. The summed E-state index contributed by atoms with van der Waals surface area (Å²) in [5, 5.41) is 8.71. The third-order valence-corrected chi connectivity index (χ3v) is 7.21. The van der Waals surface area contributed by atoms with E-state index in [9.17, 15) is 8.42 Å². The molecule has 0 saturated carbocycles. The van der Waals surface area contributed by atoms with Crippen molar-refractivity contribution in [1.82, 2.24) is 14.8 Å². The minimum atomic E-state index is -3.72. The molecule has 4 rings (SSSR count). The normalized spacial score (nSPS) is 14.4. The molecule has 3 aromatic rings. The zero-order valence-electron chi connectivity index (χ0n) is 15.5. The van der Waals surface area contributed by atoms with Crippen LogP contribution in [0.1, 0.15) is 30.7 Å². The number of sulfonamides is 1. The Balaban J connectivity index is 1.73. The molecule has 2 heterocycles. The van der Waals surface area contributed by atoms with E-state index in [2.05, 4.69) is 35.4 Å². The molecule has 0 atom stereocenters. The molecular formula is C20H21BrN4O2S. The number of benzene rings is 2. The van der Waals surface area contributed by atoms with E-state index < -0.39 is 10.0 Å². The lowest BCUT2D eigenvalue weighted by Crippen LogP contribution is -2.14. The zero-order chi connectivity index (χ0) is 19.7. The SMILES string of the molecule is Cc1cc(S(=O)(=O)Nc2ccccc2-c2nnc3n2CCCCC3)ccc1Br. The second-order valence-corrected chi connectivity index (χ2v) is 9.50. The maximum Gasteiger partial charge on any atom is 0.261 e. The fourth-order valence-electron chi connectivity index (χ4n) is 3.44. The Bertz CT molecular complexity index is 1120. The molecule has 0 spiro atoms. The van der Waals surface area contributed by atoms with E-state index in [4.69, 9.17) is 0 Å². The summed E-state index contributed by atoms with van der Waals surface area (Å²) in [6.45, 7) is 2.72. The van der Waals surface area contributed by atoms with Crippen LogP contribution in [-0.4, -0.2) is 23.2 Å². The van der Waals surface area contributed by atoms with Crippen molar-refractivity contribution in [2.45, 2.75) is 44.0 Å². The van der Waals surface area contributed by atoms with Gasteiger partial charge in [0.25, 0.3) is 10.0 Å². The molecule has 8 heteroatoms. The lowest BCUT2D eigenvalue weighted by atomic mass is 10.1. The van der Waals surface area contributed by atoms with Gasteiger partial charge in [0.1, 0.15) is 5.82 Å². The maximum absolute atomic E-state index is 13.0. The van der Waals surface area contributed by atoms with Crippen molar-refractivity contribution in [3.8, 4) is 11.4 Å². The second-order valence-electron chi connectivity index (χ2n) is 6.96. The molecule has 1 N–H and O–H groups in total. The van der Waals surface area contributed by atoms with Crippen molar-refractivity contribution in [2.24, 2.45) is 0 Å². The summed E-state index contributed by atoms with van der Waals surface area (Å²) in [5.74, 6) is 1.68. The number of aryl methyl sites for hydroxylation is 2. The van der Waals surface area contributed by atoms with E-state index in [1.54, 1.807) is 24.3 Å². The standard InChI is InChI=1S/C20H21BrN4O2S/c1-14-13-15(10-11-17(14)21)28(26,27)24-18-8-5-4-7-16(18)20-23-22-19-9-3-2-6-12-25(19)20/h4-5,7-8,10-11,13,24H,2-3,6,9,12H2,1H3. The minimum Gasteiger partial charge on any atom is -0.311 e. The molecule has 0 saturated heterocycles. The fourth-order valence-corrected chi connectivity index (χ4v) is 4.85. The lowest BCUT2D eigenvalue weighted by molar-refractivity contribution is 0.601. The number of nitrogens with zero attached hydrogens (tertiary/aromatic N) is 3. The Morgan fingerprint density at radius 2 is 1.89 bits per heavy atom. The van der Waals surface area contributed by atoms with Gasteiger partial charge in [0.2, 0.25) is 0 Å². The number of fused-ring (bicyclic) bond motifs is 1. The molecule has 146 valence electrons. The first-order valence-corrected chi connectivity index (χ1v) is 11.5. The van der Waals surface area contributed by atoms with Gasteiger partial charge in [-0.05, 0) is 55.7 Å². The summed E-state index contributed by atoms with van der Waals surface area (Å²) < 4.78 is 31.6. The van der Waals surface area contributed by atoms with E-state index >= 15 is 0 Å². The van der Waals surface area contributed by atoms with Gasteiger partial charge in [0.15, 0.2) is 5.82 Å². The number of hydrogen-bond donors (Lipinski definition) is 1. The first-order valence-electron chi connectivity index (χ1n) is 9.26. The van der Waals surface area contributed by atoms with Crippen molar-refractivity contribution in [2.75, 3.05) is 4.72 Å². The third-order valence-electron chi connectivity index (χ3n) is 4.96. The smallest absolute Gasteiger partial charge is 0.261 e. The molecular weight excluding hydrogens is 440 g/mol. The molecule has 28 heavy (non-hydrogen) atoms. The van der Waals surface area contributed by atoms with Gasteiger partial charge in [-0.1, -0.05) is 34.5 Å². The Hall–Kier alpha value is -2.19. The minimum absolute atomic E-state index is 0.225.